The molecule has 0 aliphatic carbocycles. The largest absolute Gasteiger partial charge is 0.354 e. The van der Waals surface area contributed by atoms with Crippen LogP contribution in [0, 0.1) is 6.92 Å². The van der Waals surface area contributed by atoms with Crippen molar-refractivity contribution in [3.63, 3.8) is 0 Å². The SMILES string of the molecule is Cc1nc(-c2ccccc2)nc(N2CCCN(C(=O)Cc3cccs3)CC2)c1Cc1ccc(Cl)cc1. The van der Waals surface area contributed by atoms with E-state index < -0.39 is 0 Å². The van der Waals surface area contributed by atoms with Crippen molar-refractivity contribution in [3.8, 4) is 11.4 Å². The molecule has 7 heteroatoms. The van der Waals surface area contributed by atoms with Gasteiger partial charge in [-0.15, -0.1) is 11.3 Å². The first-order valence-electron chi connectivity index (χ1n) is 12.3. The molecule has 0 spiro atoms. The number of anilines is 1. The van der Waals surface area contributed by atoms with Crippen molar-refractivity contribution in [2.24, 2.45) is 0 Å². The van der Waals surface area contributed by atoms with Crippen molar-refractivity contribution in [1.29, 1.82) is 0 Å². The normalized spacial score (nSPS) is 14.1. The van der Waals surface area contributed by atoms with Crippen LogP contribution in [0.4, 0.5) is 5.82 Å². The molecule has 1 aliphatic rings. The van der Waals surface area contributed by atoms with E-state index in [1.807, 2.05) is 64.9 Å². The van der Waals surface area contributed by atoms with Gasteiger partial charge >= 0.3 is 0 Å². The average Bonchev–Trinajstić information content (AvgIpc) is 3.28. The van der Waals surface area contributed by atoms with Gasteiger partial charge in [0.25, 0.3) is 0 Å². The first kappa shape index (κ1) is 24.5. The third-order valence-corrected chi connectivity index (χ3v) is 7.70. The van der Waals surface area contributed by atoms with E-state index in [-0.39, 0.29) is 5.91 Å². The number of thiophene rings is 1. The molecular weight excluding hydrogens is 488 g/mol. The number of hydrogen-bond donors (Lipinski definition) is 0. The Balaban J connectivity index is 1.43. The number of nitrogens with zero attached hydrogens (tertiary/aromatic N) is 4. The second kappa shape index (κ2) is 11.2. The number of aromatic nitrogens is 2. The third-order valence-electron chi connectivity index (χ3n) is 6.57. The molecular formula is C29H29ClN4OS. The fraction of sp³-hybridized carbons (Fsp3) is 0.276. The van der Waals surface area contributed by atoms with E-state index >= 15 is 0 Å². The summed E-state index contributed by atoms with van der Waals surface area (Å²) < 4.78 is 0. The number of carbonyl (C=O) groups excluding carboxylic acids is 1. The van der Waals surface area contributed by atoms with Gasteiger partial charge in [0.15, 0.2) is 5.82 Å². The highest BCUT2D eigenvalue weighted by Gasteiger charge is 2.24. The molecule has 1 saturated heterocycles. The van der Waals surface area contributed by atoms with Gasteiger partial charge in [0, 0.05) is 59.3 Å². The van der Waals surface area contributed by atoms with Crippen molar-refractivity contribution in [2.45, 2.75) is 26.2 Å². The molecule has 1 amide bonds. The zero-order valence-electron chi connectivity index (χ0n) is 20.4. The van der Waals surface area contributed by atoms with Crippen LogP contribution in [0.5, 0.6) is 0 Å². The maximum atomic E-state index is 13.0. The summed E-state index contributed by atoms with van der Waals surface area (Å²) >= 11 is 7.76. The van der Waals surface area contributed by atoms with Crippen molar-refractivity contribution in [1.82, 2.24) is 14.9 Å². The van der Waals surface area contributed by atoms with Crippen LogP contribution in [0.15, 0.2) is 72.1 Å². The zero-order valence-corrected chi connectivity index (χ0v) is 21.9. The second-order valence-electron chi connectivity index (χ2n) is 9.08. The van der Waals surface area contributed by atoms with Gasteiger partial charge in [-0.3, -0.25) is 4.79 Å². The molecule has 0 bridgehead atoms. The van der Waals surface area contributed by atoms with Crippen LogP contribution in [-0.2, 0) is 17.6 Å². The van der Waals surface area contributed by atoms with Gasteiger partial charge in [-0.1, -0.05) is 60.1 Å². The zero-order chi connectivity index (χ0) is 24.9. The molecule has 0 atom stereocenters. The van der Waals surface area contributed by atoms with Crippen molar-refractivity contribution in [3.05, 3.63) is 98.8 Å². The molecule has 184 valence electrons. The number of amides is 1. The fourth-order valence-corrected chi connectivity index (χ4v) is 5.45. The van der Waals surface area contributed by atoms with Crippen LogP contribution in [0.3, 0.4) is 0 Å². The summed E-state index contributed by atoms with van der Waals surface area (Å²) in [7, 11) is 0. The summed E-state index contributed by atoms with van der Waals surface area (Å²) in [6.45, 7) is 5.12. The van der Waals surface area contributed by atoms with E-state index in [1.165, 1.54) is 5.56 Å². The van der Waals surface area contributed by atoms with Gasteiger partial charge in [-0.25, -0.2) is 9.97 Å². The molecule has 2 aromatic carbocycles. The second-order valence-corrected chi connectivity index (χ2v) is 10.6. The van der Waals surface area contributed by atoms with Crippen LogP contribution in [0.1, 0.15) is 28.1 Å². The highest BCUT2D eigenvalue weighted by Crippen LogP contribution is 2.29. The Morgan fingerprint density at radius 1 is 0.944 bits per heavy atom. The predicted octanol–water partition coefficient (Wildman–Crippen LogP) is 6.04. The van der Waals surface area contributed by atoms with Gasteiger partial charge in [-0.05, 0) is 42.5 Å². The van der Waals surface area contributed by atoms with Gasteiger partial charge in [0.05, 0.1) is 6.42 Å². The number of benzene rings is 2. The summed E-state index contributed by atoms with van der Waals surface area (Å²) in [4.78, 5) is 28.4. The molecule has 36 heavy (non-hydrogen) atoms. The van der Waals surface area contributed by atoms with Gasteiger partial charge in [-0.2, -0.15) is 0 Å². The topological polar surface area (TPSA) is 49.3 Å². The van der Waals surface area contributed by atoms with Crippen LogP contribution >= 0.6 is 22.9 Å². The van der Waals surface area contributed by atoms with Crippen molar-refractivity contribution < 1.29 is 4.79 Å². The molecule has 1 aliphatic heterocycles. The number of aryl methyl sites for hydroxylation is 1. The molecule has 5 rings (SSSR count). The Bertz CT molecular complexity index is 1310. The van der Waals surface area contributed by atoms with E-state index in [0.29, 0.717) is 13.0 Å². The van der Waals surface area contributed by atoms with Crippen LogP contribution in [-0.4, -0.2) is 47.0 Å². The van der Waals surface area contributed by atoms with E-state index in [1.54, 1.807) is 11.3 Å². The van der Waals surface area contributed by atoms with E-state index in [4.69, 9.17) is 21.6 Å². The standard InChI is InChI=1S/C29H29ClN4OS/c1-21-26(19-22-10-12-24(30)13-11-22)29(32-28(31-21)23-7-3-2-4-8-23)34-15-6-14-33(16-17-34)27(35)20-25-9-5-18-36-25/h2-5,7-13,18H,6,14-17,19-20H2,1H3. The van der Waals surface area contributed by atoms with Gasteiger partial charge < -0.3 is 9.80 Å². The first-order valence-corrected chi connectivity index (χ1v) is 13.5. The Morgan fingerprint density at radius 3 is 2.50 bits per heavy atom. The van der Waals surface area contributed by atoms with Crippen molar-refractivity contribution >= 4 is 34.7 Å². The fourth-order valence-electron chi connectivity index (χ4n) is 4.62. The third kappa shape index (κ3) is 5.77. The smallest absolute Gasteiger partial charge is 0.227 e. The molecule has 0 saturated carbocycles. The quantitative estimate of drug-likeness (QED) is 0.313. The lowest BCUT2D eigenvalue weighted by atomic mass is 10.0. The lowest BCUT2D eigenvalue weighted by Gasteiger charge is -2.26. The predicted molar refractivity (Wildman–Crippen MR) is 148 cm³/mol. The van der Waals surface area contributed by atoms with Gasteiger partial charge in [0.2, 0.25) is 5.91 Å². The number of rotatable bonds is 6. The highest BCUT2D eigenvalue weighted by atomic mass is 35.5. The maximum absolute atomic E-state index is 13.0. The summed E-state index contributed by atoms with van der Waals surface area (Å²) in [5.41, 5.74) is 4.27. The summed E-state index contributed by atoms with van der Waals surface area (Å²) in [5, 5.41) is 2.75. The van der Waals surface area contributed by atoms with E-state index in [2.05, 4.69) is 24.0 Å². The molecule has 2 aromatic heterocycles. The Labute approximate surface area is 221 Å². The monoisotopic (exact) mass is 516 g/mol. The van der Waals surface area contributed by atoms with Crippen LogP contribution in [0.2, 0.25) is 5.02 Å². The summed E-state index contributed by atoms with van der Waals surface area (Å²) in [6, 6.07) is 22.1. The lowest BCUT2D eigenvalue weighted by molar-refractivity contribution is -0.130. The molecule has 3 heterocycles. The number of hydrogen-bond acceptors (Lipinski definition) is 5. The Morgan fingerprint density at radius 2 is 1.75 bits per heavy atom. The highest BCUT2D eigenvalue weighted by molar-refractivity contribution is 7.10. The molecule has 4 aromatic rings. The lowest BCUT2D eigenvalue weighted by Crippen LogP contribution is -2.36. The first-order chi connectivity index (χ1) is 17.6. The minimum absolute atomic E-state index is 0.199. The molecule has 5 nitrogen and oxygen atoms in total. The maximum Gasteiger partial charge on any atom is 0.227 e. The minimum atomic E-state index is 0.199. The van der Waals surface area contributed by atoms with Crippen LogP contribution in [0.25, 0.3) is 11.4 Å². The molecule has 0 unspecified atom stereocenters. The molecule has 1 fully saturated rings. The number of carbonyl (C=O) groups is 1. The number of halogens is 1. The van der Waals surface area contributed by atoms with Crippen molar-refractivity contribution in [2.75, 3.05) is 31.1 Å². The summed E-state index contributed by atoms with van der Waals surface area (Å²) in [5.74, 6) is 1.89. The minimum Gasteiger partial charge on any atom is -0.354 e. The van der Waals surface area contributed by atoms with E-state index in [0.717, 1.165) is 70.8 Å². The molecule has 0 radical (unpaired) electrons. The van der Waals surface area contributed by atoms with Gasteiger partial charge in [0.1, 0.15) is 5.82 Å². The van der Waals surface area contributed by atoms with Crippen LogP contribution < -0.4 is 4.90 Å². The summed E-state index contributed by atoms with van der Waals surface area (Å²) in [6.07, 6.45) is 2.11. The molecule has 0 N–H and O–H groups in total. The average molecular weight is 517 g/mol. The Kier molecular flexibility index (Phi) is 7.63. The van der Waals surface area contributed by atoms with E-state index in [9.17, 15) is 4.79 Å². The Hall–Kier alpha value is -3.22.